The summed E-state index contributed by atoms with van der Waals surface area (Å²) in [5.74, 6) is 1.15. The zero-order valence-corrected chi connectivity index (χ0v) is 9.96. The fourth-order valence-corrected chi connectivity index (χ4v) is 2.01. The minimum absolute atomic E-state index is 0.567. The lowest BCUT2D eigenvalue weighted by Crippen LogP contribution is -1.86. The van der Waals surface area contributed by atoms with E-state index >= 15 is 0 Å². The van der Waals surface area contributed by atoms with E-state index in [1.807, 2.05) is 0 Å². The van der Waals surface area contributed by atoms with Crippen molar-refractivity contribution < 1.29 is 0 Å². The van der Waals surface area contributed by atoms with Crippen LogP contribution in [0.25, 0.3) is 10.9 Å². The van der Waals surface area contributed by atoms with Gasteiger partial charge in [0.05, 0.1) is 0 Å². The topological polar surface area (TPSA) is 15.8 Å². The summed E-state index contributed by atoms with van der Waals surface area (Å²) in [7, 11) is 0. The van der Waals surface area contributed by atoms with Gasteiger partial charge in [0, 0.05) is 16.6 Å². The highest BCUT2D eigenvalue weighted by Crippen LogP contribution is 2.28. The molecule has 0 radical (unpaired) electrons. The number of nitrogens with one attached hydrogen (secondary N) is 1. The first-order valence-electron chi connectivity index (χ1n) is 5.71. The molecule has 0 saturated carbocycles. The molecule has 0 aliphatic heterocycles. The zero-order chi connectivity index (χ0) is 11.0. The van der Waals surface area contributed by atoms with E-state index in [0.29, 0.717) is 11.8 Å². The van der Waals surface area contributed by atoms with E-state index in [0.717, 1.165) is 0 Å². The minimum atomic E-state index is 0.567. The van der Waals surface area contributed by atoms with Gasteiger partial charge < -0.3 is 4.98 Å². The van der Waals surface area contributed by atoms with Gasteiger partial charge in [-0.1, -0.05) is 39.8 Å². The highest BCUT2D eigenvalue weighted by molar-refractivity contribution is 5.84. The first-order chi connectivity index (χ1) is 7.09. The van der Waals surface area contributed by atoms with Crippen LogP contribution in [0, 0.1) is 0 Å². The summed E-state index contributed by atoms with van der Waals surface area (Å²) < 4.78 is 0. The molecule has 1 heterocycles. The molecule has 0 amide bonds. The summed E-state index contributed by atoms with van der Waals surface area (Å²) in [6, 6.07) is 8.83. The molecule has 1 N–H and O–H groups in total. The molecule has 1 heteroatoms. The van der Waals surface area contributed by atoms with Crippen LogP contribution >= 0.6 is 0 Å². The number of rotatable bonds is 2. The fraction of sp³-hybridized carbons (Fsp3) is 0.429. The van der Waals surface area contributed by atoms with Crippen molar-refractivity contribution in [3.63, 3.8) is 0 Å². The predicted octanol–water partition coefficient (Wildman–Crippen LogP) is 4.41. The molecule has 0 aliphatic carbocycles. The first-order valence-corrected chi connectivity index (χ1v) is 5.71. The highest BCUT2D eigenvalue weighted by Gasteiger charge is 2.09. The smallest absolute Gasteiger partial charge is 0.0459 e. The Bertz CT molecular complexity index is 463. The monoisotopic (exact) mass is 201 g/mol. The number of hydrogen-bond donors (Lipinski definition) is 1. The Morgan fingerprint density at radius 1 is 1.00 bits per heavy atom. The van der Waals surface area contributed by atoms with E-state index in [-0.39, 0.29) is 0 Å². The fourth-order valence-electron chi connectivity index (χ4n) is 2.01. The van der Waals surface area contributed by atoms with E-state index in [2.05, 4.69) is 56.9 Å². The molecular weight excluding hydrogens is 182 g/mol. The molecular formula is C14H19N. The van der Waals surface area contributed by atoms with Crippen molar-refractivity contribution in [1.29, 1.82) is 0 Å². The van der Waals surface area contributed by atoms with Gasteiger partial charge in [0.25, 0.3) is 0 Å². The zero-order valence-electron chi connectivity index (χ0n) is 9.96. The van der Waals surface area contributed by atoms with Gasteiger partial charge in [0.2, 0.25) is 0 Å². The summed E-state index contributed by atoms with van der Waals surface area (Å²) >= 11 is 0. The molecule has 2 rings (SSSR count). The second-order valence-electron chi connectivity index (χ2n) is 4.84. The molecule has 0 fully saturated rings. The molecule has 1 nitrogen and oxygen atoms in total. The summed E-state index contributed by atoms with van der Waals surface area (Å²) in [5.41, 5.74) is 4.04. The van der Waals surface area contributed by atoms with Crippen LogP contribution in [-0.2, 0) is 0 Å². The molecule has 2 aromatic rings. The number of aromatic amines is 1. The normalized spacial score (nSPS) is 11.9. The molecule has 1 aromatic carbocycles. The van der Waals surface area contributed by atoms with Crippen LogP contribution in [0.3, 0.4) is 0 Å². The molecule has 0 aliphatic rings. The maximum atomic E-state index is 3.49. The molecule has 0 bridgehead atoms. The Morgan fingerprint density at radius 3 is 2.33 bits per heavy atom. The molecule has 15 heavy (non-hydrogen) atoms. The van der Waals surface area contributed by atoms with Crippen molar-refractivity contribution in [2.45, 2.75) is 39.5 Å². The van der Waals surface area contributed by atoms with E-state index in [1.54, 1.807) is 0 Å². The molecule has 0 unspecified atom stereocenters. The summed E-state index contributed by atoms with van der Waals surface area (Å²) in [6.45, 7) is 8.94. The maximum absolute atomic E-state index is 3.49. The number of fused-ring (bicyclic) bond motifs is 1. The van der Waals surface area contributed by atoms with Crippen molar-refractivity contribution in [2.24, 2.45) is 0 Å². The molecule has 0 saturated heterocycles. The van der Waals surface area contributed by atoms with Crippen LogP contribution < -0.4 is 0 Å². The third kappa shape index (κ3) is 1.79. The van der Waals surface area contributed by atoms with Crippen LogP contribution in [0.4, 0.5) is 0 Å². The van der Waals surface area contributed by atoms with E-state index < -0.39 is 0 Å². The molecule has 0 atom stereocenters. The first kappa shape index (κ1) is 10.3. The van der Waals surface area contributed by atoms with Gasteiger partial charge in [-0.15, -0.1) is 0 Å². The minimum Gasteiger partial charge on any atom is -0.358 e. The number of aromatic nitrogens is 1. The second-order valence-corrected chi connectivity index (χ2v) is 4.84. The lowest BCUT2D eigenvalue weighted by atomic mass is 9.99. The lowest BCUT2D eigenvalue weighted by molar-refractivity contribution is 0.836. The Balaban J connectivity index is 2.64. The van der Waals surface area contributed by atoms with Gasteiger partial charge in [-0.3, -0.25) is 0 Å². The largest absolute Gasteiger partial charge is 0.358 e. The SMILES string of the molecule is CC(C)c1cc2c(C(C)C)cccc2[nH]1. The van der Waals surface area contributed by atoms with Gasteiger partial charge in [-0.25, -0.2) is 0 Å². The summed E-state index contributed by atoms with van der Waals surface area (Å²) in [6.07, 6.45) is 0. The van der Waals surface area contributed by atoms with Gasteiger partial charge in [-0.05, 0) is 29.5 Å². The lowest BCUT2D eigenvalue weighted by Gasteiger charge is -2.05. The number of benzene rings is 1. The molecule has 1 aromatic heterocycles. The van der Waals surface area contributed by atoms with Crippen molar-refractivity contribution in [3.05, 3.63) is 35.5 Å². The standard InChI is InChI=1S/C14H19N/c1-9(2)11-6-5-7-13-12(11)8-14(15-13)10(3)4/h5-10,15H,1-4H3. The van der Waals surface area contributed by atoms with Crippen LogP contribution in [-0.4, -0.2) is 4.98 Å². The third-order valence-electron chi connectivity index (χ3n) is 2.96. The maximum Gasteiger partial charge on any atom is 0.0459 e. The summed E-state index contributed by atoms with van der Waals surface area (Å²) in [4.78, 5) is 3.49. The van der Waals surface area contributed by atoms with Gasteiger partial charge in [0.15, 0.2) is 0 Å². The van der Waals surface area contributed by atoms with Crippen LogP contribution in [0.15, 0.2) is 24.3 Å². The second kappa shape index (κ2) is 3.73. The van der Waals surface area contributed by atoms with E-state index in [1.165, 1.54) is 22.2 Å². The van der Waals surface area contributed by atoms with Crippen molar-refractivity contribution >= 4 is 10.9 Å². The van der Waals surface area contributed by atoms with Crippen LogP contribution in [0.5, 0.6) is 0 Å². The van der Waals surface area contributed by atoms with Crippen molar-refractivity contribution in [2.75, 3.05) is 0 Å². The van der Waals surface area contributed by atoms with Crippen molar-refractivity contribution in [1.82, 2.24) is 4.98 Å². The highest BCUT2D eigenvalue weighted by atomic mass is 14.7. The Kier molecular flexibility index (Phi) is 2.56. The third-order valence-corrected chi connectivity index (χ3v) is 2.96. The van der Waals surface area contributed by atoms with Gasteiger partial charge in [0.1, 0.15) is 0 Å². The van der Waals surface area contributed by atoms with Crippen LogP contribution in [0.2, 0.25) is 0 Å². The number of hydrogen-bond acceptors (Lipinski definition) is 0. The van der Waals surface area contributed by atoms with Gasteiger partial charge in [-0.2, -0.15) is 0 Å². The Morgan fingerprint density at radius 2 is 1.73 bits per heavy atom. The number of H-pyrrole nitrogens is 1. The molecule has 0 spiro atoms. The Hall–Kier alpha value is -1.24. The van der Waals surface area contributed by atoms with E-state index in [4.69, 9.17) is 0 Å². The molecule has 80 valence electrons. The predicted molar refractivity (Wildman–Crippen MR) is 66.5 cm³/mol. The van der Waals surface area contributed by atoms with Crippen molar-refractivity contribution in [3.8, 4) is 0 Å². The average Bonchev–Trinajstić information content (AvgIpc) is 2.60. The van der Waals surface area contributed by atoms with E-state index in [9.17, 15) is 0 Å². The van der Waals surface area contributed by atoms with Gasteiger partial charge >= 0.3 is 0 Å². The average molecular weight is 201 g/mol. The van der Waals surface area contributed by atoms with Crippen LogP contribution in [0.1, 0.15) is 50.8 Å². The Labute approximate surface area is 91.5 Å². The summed E-state index contributed by atoms with van der Waals surface area (Å²) in [5, 5.41) is 1.39. The quantitative estimate of drug-likeness (QED) is 0.740.